The average molecular weight is 338 g/mol. The lowest BCUT2D eigenvalue weighted by atomic mass is 9.99. The Kier molecular flexibility index (Phi) is 6.01. The molecule has 1 aromatic rings. The molecule has 2 amide bonds. The van der Waals surface area contributed by atoms with Crippen LogP contribution in [-0.2, 0) is 14.2 Å². The highest BCUT2D eigenvalue weighted by Crippen LogP contribution is 2.27. The van der Waals surface area contributed by atoms with Crippen molar-refractivity contribution in [3.8, 4) is 0 Å². The van der Waals surface area contributed by atoms with E-state index >= 15 is 0 Å². The molecule has 0 saturated carbocycles. The minimum absolute atomic E-state index is 0.101. The summed E-state index contributed by atoms with van der Waals surface area (Å²) in [6.45, 7) is 2.68. The van der Waals surface area contributed by atoms with Gasteiger partial charge in [0.2, 0.25) is 0 Å². The minimum atomic E-state index is -0.309. The lowest BCUT2D eigenvalue weighted by molar-refractivity contribution is -0.0854. The van der Waals surface area contributed by atoms with Crippen LogP contribution in [0.4, 0.5) is 9.18 Å². The van der Waals surface area contributed by atoms with Crippen LogP contribution < -0.4 is 10.6 Å². The van der Waals surface area contributed by atoms with E-state index in [1.165, 1.54) is 12.1 Å². The third-order valence-electron chi connectivity index (χ3n) is 4.23. The van der Waals surface area contributed by atoms with Gasteiger partial charge in [0.1, 0.15) is 5.82 Å². The Morgan fingerprint density at radius 2 is 2.04 bits per heavy atom. The van der Waals surface area contributed by atoms with Gasteiger partial charge >= 0.3 is 6.03 Å². The van der Waals surface area contributed by atoms with Gasteiger partial charge in [-0.25, -0.2) is 9.18 Å². The SMILES string of the molecule is O=C(NC[C@@H]1COCCO1)N[C@@H](c1ccc(F)cc1)[C@@H]1CCCO1. The summed E-state index contributed by atoms with van der Waals surface area (Å²) < 4.78 is 29.7. The minimum Gasteiger partial charge on any atom is -0.376 e. The Hall–Kier alpha value is -1.70. The van der Waals surface area contributed by atoms with Gasteiger partial charge in [-0.05, 0) is 30.5 Å². The smallest absolute Gasteiger partial charge is 0.315 e. The van der Waals surface area contributed by atoms with Gasteiger partial charge in [0.15, 0.2) is 0 Å². The summed E-state index contributed by atoms with van der Waals surface area (Å²) in [5.74, 6) is -0.302. The third kappa shape index (κ3) is 4.66. The number of amides is 2. The fraction of sp³-hybridized carbons (Fsp3) is 0.588. The van der Waals surface area contributed by atoms with Crippen LogP contribution in [0.25, 0.3) is 0 Å². The number of rotatable bonds is 5. The maximum Gasteiger partial charge on any atom is 0.315 e. The molecule has 0 bridgehead atoms. The van der Waals surface area contributed by atoms with Crippen molar-refractivity contribution < 1.29 is 23.4 Å². The summed E-state index contributed by atoms with van der Waals surface area (Å²) in [6.07, 6.45) is 1.59. The van der Waals surface area contributed by atoms with Crippen LogP contribution in [-0.4, -0.2) is 51.2 Å². The van der Waals surface area contributed by atoms with E-state index in [1.807, 2.05) is 0 Å². The molecule has 2 aliphatic heterocycles. The molecule has 2 fully saturated rings. The van der Waals surface area contributed by atoms with Crippen LogP contribution in [0, 0.1) is 5.82 Å². The quantitative estimate of drug-likeness (QED) is 0.858. The first kappa shape index (κ1) is 17.1. The number of benzene rings is 1. The molecule has 0 spiro atoms. The molecule has 0 aromatic heterocycles. The van der Waals surface area contributed by atoms with Crippen molar-refractivity contribution in [2.24, 2.45) is 0 Å². The van der Waals surface area contributed by atoms with Crippen LogP contribution in [0.1, 0.15) is 24.4 Å². The van der Waals surface area contributed by atoms with Crippen molar-refractivity contribution in [1.82, 2.24) is 10.6 Å². The van der Waals surface area contributed by atoms with E-state index < -0.39 is 0 Å². The molecule has 2 N–H and O–H groups in total. The van der Waals surface area contributed by atoms with Gasteiger partial charge < -0.3 is 24.8 Å². The molecule has 3 rings (SSSR count). The van der Waals surface area contributed by atoms with Crippen molar-refractivity contribution in [3.63, 3.8) is 0 Å². The predicted octanol–water partition coefficient (Wildman–Crippen LogP) is 1.76. The fourth-order valence-electron chi connectivity index (χ4n) is 2.98. The molecule has 2 heterocycles. The fourth-order valence-corrected chi connectivity index (χ4v) is 2.98. The molecule has 0 radical (unpaired) electrons. The van der Waals surface area contributed by atoms with E-state index in [2.05, 4.69) is 10.6 Å². The summed E-state index contributed by atoms with van der Waals surface area (Å²) in [4.78, 5) is 12.2. The first-order chi connectivity index (χ1) is 11.7. The Bertz CT molecular complexity index is 528. The van der Waals surface area contributed by atoms with E-state index in [-0.39, 0.29) is 30.1 Å². The first-order valence-corrected chi connectivity index (χ1v) is 8.33. The second-order valence-corrected chi connectivity index (χ2v) is 6.00. The summed E-state index contributed by atoms with van der Waals surface area (Å²) in [7, 11) is 0. The van der Waals surface area contributed by atoms with E-state index in [1.54, 1.807) is 12.1 Å². The number of hydrogen-bond donors (Lipinski definition) is 2. The molecule has 3 atom stereocenters. The maximum absolute atomic E-state index is 13.2. The van der Waals surface area contributed by atoms with Crippen LogP contribution in [0.2, 0.25) is 0 Å². The summed E-state index contributed by atoms with van der Waals surface area (Å²) in [6, 6.07) is 5.54. The van der Waals surface area contributed by atoms with Gasteiger partial charge in [0.25, 0.3) is 0 Å². The number of ether oxygens (including phenoxy) is 3. The molecule has 0 aliphatic carbocycles. The first-order valence-electron chi connectivity index (χ1n) is 8.33. The highest BCUT2D eigenvalue weighted by molar-refractivity contribution is 5.74. The predicted molar refractivity (Wildman–Crippen MR) is 85.2 cm³/mol. The lowest BCUT2D eigenvalue weighted by Gasteiger charge is -2.26. The number of nitrogens with one attached hydrogen (secondary N) is 2. The summed E-state index contributed by atoms with van der Waals surface area (Å²) in [5, 5.41) is 5.74. The van der Waals surface area contributed by atoms with E-state index in [0.717, 1.165) is 18.4 Å². The van der Waals surface area contributed by atoms with Gasteiger partial charge in [0, 0.05) is 13.2 Å². The lowest BCUT2D eigenvalue weighted by Crippen LogP contribution is -2.46. The van der Waals surface area contributed by atoms with E-state index in [9.17, 15) is 9.18 Å². The third-order valence-corrected chi connectivity index (χ3v) is 4.23. The largest absolute Gasteiger partial charge is 0.376 e. The van der Waals surface area contributed by atoms with E-state index in [4.69, 9.17) is 14.2 Å². The van der Waals surface area contributed by atoms with Gasteiger partial charge in [-0.1, -0.05) is 12.1 Å². The number of carbonyl (C=O) groups is 1. The van der Waals surface area contributed by atoms with Gasteiger partial charge in [-0.2, -0.15) is 0 Å². The van der Waals surface area contributed by atoms with Crippen molar-refractivity contribution >= 4 is 6.03 Å². The second-order valence-electron chi connectivity index (χ2n) is 6.00. The molecule has 2 aliphatic rings. The number of halogens is 1. The molecule has 0 unspecified atom stereocenters. The van der Waals surface area contributed by atoms with Gasteiger partial charge in [0.05, 0.1) is 38.1 Å². The second kappa shape index (κ2) is 8.41. The molecular formula is C17H23FN2O4. The molecule has 6 nitrogen and oxygen atoms in total. The van der Waals surface area contributed by atoms with Crippen molar-refractivity contribution in [1.29, 1.82) is 0 Å². The Labute approximate surface area is 140 Å². The standard InChI is InChI=1S/C17H23FN2O4/c18-13-5-3-12(4-6-13)16(15-2-1-7-24-15)20-17(21)19-10-14-11-22-8-9-23-14/h3-6,14-16H,1-2,7-11H2,(H2,19,20,21)/t14-,15+,16+/m1/s1. The number of hydrogen-bond acceptors (Lipinski definition) is 4. The van der Waals surface area contributed by atoms with Crippen LogP contribution in [0.5, 0.6) is 0 Å². The van der Waals surface area contributed by atoms with Crippen LogP contribution in [0.15, 0.2) is 24.3 Å². The number of urea groups is 1. The Balaban J connectivity index is 1.58. The zero-order valence-corrected chi connectivity index (χ0v) is 13.5. The Morgan fingerprint density at radius 3 is 2.71 bits per heavy atom. The van der Waals surface area contributed by atoms with Crippen molar-refractivity contribution in [2.45, 2.75) is 31.1 Å². The normalized spacial score (nSPS) is 25.2. The van der Waals surface area contributed by atoms with Crippen LogP contribution in [0.3, 0.4) is 0 Å². The number of carbonyl (C=O) groups excluding carboxylic acids is 1. The van der Waals surface area contributed by atoms with Crippen molar-refractivity contribution in [3.05, 3.63) is 35.6 Å². The molecular weight excluding hydrogens is 315 g/mol. The average Bonchev–Trinajstić information content (AvgIpc) is 3.14. The zero-order chi connectivity index (χ0) is 16.8. The topological polar surface area (TPSA) is 68.8 Å². The monoisotopic (exact) mass is 338 g/mol. The molecule has 2 saturated heterocycles. The molecule has 132 valence electrons. The highest BCUT2D eigenvalue weighted by atomic mass is 19.1. The molecule has 24 heavy (non-hydrogen) atoms. The van der Waals surface area contributed by atoms with E-state index in [0.29, 0.717) is 33.0 Å². The van der Waals surface area contributed by atoms with Crippen molar-refractivity contribution in [2.75, 3.05) is 33.0 Å². The molecule has 1 aromatic carbocycles. The zero-order valence-electron chi connectivity index (χ0n) is 13.5. The molecule has 7 heteroatoms. The van der Waals surface area contributed by atoms with Gasteiger partial charge in [-0.15, -0.1) is 0 Å². The highest BCUT2D eigenvalue weighted by Gasteiger charge is 2.29. The summed E-state index contributed by atoms with van der Waals surface area (Å²) >= 11 is 0. The van der Waals surface area contributed by atoms with Gasteiger partial charge in [-0.3, -0.25) is 0 Å². The maximum atomic E-state index is 13.2. The van der Waals surface area contributed by atoms with Crippen LogP contribution >= 0.6 is 0 Å². The Morgan fingerprint density at radius 1 is 1.21 bits per heavy atom. The summed E-state index contributed by atoms with van der Waals surface area (Å²) in [5.41, 5.74) is 0.829.